The zero-order valence-corrected chi connectivity index (χ0v) is 43.8. The molecule has 19 heteroatoms. The molecule has 3 N–H and O–H groups in total. The molecule has 0 spiro atoms. The van der Waals surface area contributed by atoms with Crippen LogP contribution in [0.2, 0.25) is 0 Å². The number of aldehydes is 1. The van der Waals surface area contributed by atoms with Crippen LogP contribution in [0.5, 0.6) is 11.5 Å². The van der Waals surface area contributed by atoms with Gasteiger partial charge in [0.15, 0.2) is 6.29 Å². The number of hydrogen-bond donors (Lipinski definition) is 3. The fourth-order valence-corrected chi connectivity index (χ4v) is 9.73. The third-order valence-electron chi connectivity index (χ3n) is 13.2. The number of benzene rings is 3. The number of hydrogen-bond acceptors (Lipinski definition) is 15. The third kappa shape index (κ3) is 14.5. The molecule has 3 aromatic carbocycles. The van der Waals surface area contributed by atoms with Crippen LogP contribution in [0, 0.1) is 0 Å². The molecule has 0 radical (unpaired) electrons. The SMILES string of the molecule is CC=C1C[C@H]2C=Nc3cc(OCc4cc(COc5cc6c(cc5CO)C(=O)N5CC(=CC)C[C@H]5C=N6)cc(C(C)(C)SCC(=O)NCCOCCOCCOCCOCCC(=O)NC)c4)c(C=O)cc3C(=O)N2C1. The van der Waals surface area contributed by atoms with E-state index in [0.29, 0.717) is 125 Å². The normalized spacial score (nSPS) is 18.0. The molecule has 0 unspecified atom stereocenters. The first-order valence-electron chi connectivity index (χ1n) is 25.0. The molecule has 0 aliphatic carbocycles. The van der Waals surface area contributed by atoms with E-state index in [0.717, 1.165) is 28.7 Å². The molecular weight excluding hydrogens is 969 g/mol. The fraction of sp³-hybridized carbons (Fsp3) is 0.473. The van der Waals surface area contributed by atoms with Gasteiger partial charge in [-0.2, -0.15) is 0 Å². The highest BCUT2D eigenvalue weighted by Gasteiger charge is 2.36. The average Bonchev–Trinajstić information content (AvgIpc) is 3.98. The van der Waals surface area contributed by atoms with E-state index in [4.69, 9.17) is 33.4 Å². The molecule has 0 bridgehead atoms. The van der Waals surface area contributed by atoms with Crippen molar-refractivity contribution in [3.63, 3.8) is 0 Å². The maximum atomic E-state index is 13.7. The second-order valence-corrected chi connectivity index (χ2v) is 20.3. The molecule has 0 aromatic heterocycles. The Kier molecular flexibility index (Phi) is 20.1. The maximum absolute atomic E-state index is 13.7. The lowest BCUT2D eigenvalue weighted by molar-refractivity contribution is -0.122. The van der Waals surface area contributed by atoms with E-state index >= 15 is 0 Å². The molecular formula is C55H68N6O12S. The summed E-state index contributed by atoms with van der Waals surface area (Å²) in [4.78, 5) is 77.2. The highest BCUT2D eigenvalue weighted by Crippen LogP contribution is 2.40. The van der Waals surface area contributed by atoms with Gasteiger partial charge in [0, 0.05) is 68.0 Å². The predicted molar refractivity (Wildman–Crippen MR) is 282 cm³/mol. The Morgan fingerprint density at radius 3 is 1.80 bits per heavy atom. The molecule has 2 atom stereocenters. The Hall–Kier alpha value is -6.22. The Morgan fingerprint density at radius 2 is 1.26 bits per heavy atom. The van der Waals surface area contributed by atoms with Crippen LogP contribution in [0.3, 0.4) is 0 Å². The lowest BCUT2D eigenvalue weighted by atomic mass is 9.97. The molecule has 7 rings (SSSR count). The molecule has 4 heterocycles. The van der Waals surface area contributed by atoms with Gasteiger partial charge in [0.1, 0.15) is 24.7 Å². The molecule has 74 heavy (non-hydrogen) atoms. The highest BCUT2D eigenvalue weighted by molar-refractivity contribution is 8.00. The van der Waals surface area contributed by atoms with Gasteiger partial charge in [-0.25, -0.2) is 0 Å². The number of aliphatic hydroxyl groups excluding tert-OH is 1. The number of nitrogens with one attached hydrogen (secondary N) is 2. The van der Waals surface area contributed by atoms with Gasteiger partial charge in [-0.05, 0) is 75.4 Å². The summed E-state index contributed by atoms with van der Waals surface area (Å²) in [5.74, 6) is 0.262. The first-order chi connectivity index (χ1) is 35.8. The zero-order valence-electron chi connectivity index (χ0n) is 42.9. The smallest absolute Gasteiger partial charge is 0.256 e. The zero-order chi connectivity index (χ0) is 52.6. The van der Waals surface area contributed by atoms with E-state index < -0.39 is 4.75 Å². The van der Waals surface area contributed by atoms with Crippen LogP contribution in [0.4, 0.5) is 11.4 Å². The standard InChI is InChI=1S/C55H68N6O12S/c1-6-36-21-43-27-58-47-25-49(40(31-62)23-45(47)53(66)60(43)29-36)72-33-38-18-39(34-73-50-26-48-46(24-41(50)32-63)54(67)61-30-37(7-2)22-44(61)28-59-48)20-42(19-38)55(3,4)74-35-52(65)57-9-11-69-13-15-71-17-16-70-14-12-68-10-8-51(64)56-5/h6-7,18-20,23-28,31,43-44,63H,8-17,21-22,29-30,32-35H2,1-5H3,(H,56,64)(H,57,65)/t43-,44-/m0/s1. The van der Waals surface area contributed by atoms with Crippen molar-refractivity contribution in [3.05, 3.63) is 105 Å². The number of rotatable bonds is 27. The van der Waals surface area contributed by atoms with Crippen LogP contribution < -0.4 is 20.1 Å². The molecule has 4 aliphatic heterocycles. The number of amides is 4. The van der Waals surface area contributed by atoms with E-state index in [1.807, 2.05) is 58.0 Å². The quantitative estimate of drug-likeness (QED) is 0.0442. The number of aliphatic hydroxyl groups is 1. The Labute approximate surface area is 436 Å². The molecule has 4 amide bonds. The van der Waals surface area contributed by atoms with Gasteiger partial charge in [-0.3, -0.25) is 34.0 Å². The van der Waals surface area contributed by atoms with Crippen molar-refractivity contribution in [3.8, 4) is 11.5 Å². The summed E-state index contributed by atoms with van der Waals surface area (Å²) in [5.41, 5.74) is 7.01. The van der Waals surface area contributed by atoms with Crippen LogP contribution >= 0.6 is 11.8 Å². The summed E-state index contributed by atoms with van der Waals surface area (Å²) in [5, 5.41) is 16.0. The van der Waals surface area contributed by atoms with Crippen molar-refractivity contribution in [2.45, 2.75) is 83.6 Å². The Bertz CT molecular complexity index is 2650. The maximum Gasteiger partial charge on any atom is 0.256 e. The lowest BCUT2D eigenvalue weighted by Crippen LogP contribution is -2.35. The van der Waals surface area contributed by atoms with Crippen LogP contribution in [0.1, 0.15) is 100 Å². The minimum atomic E-state index is -0.595. The molecule has 2 saturated heterocycles. The average molecular weight is 1040 g/mol. The Morgan fingerprint density at radius 1 is 0.730 bits per heavy atom. The molecule has 3 aromatic rings. The van der Waals surface area contributed by atoms with Gasteiger partial charge in [0.05, 0.1) is 105 Å². The van der Waals surface area contributed by atoms with Crippen molar-refractivity contribution in [2.75, 3.05) is 85.3 Å². The summed E-state index contributed by atoms with van der Waals surface area (Å²) in [6.45, 7) is 12.1. The molecule has 0 saturated carbocycles. The summed E-state index contributed by atoms with van der Waals surface area (Å²) in [7, 11) is 1.59. The van der Waals surface area contributed by atoms with E-state index in [1.165, 1.54) is 17.3 Å². The largest absolute Gasteiger partial charge is 0.488 e. The number of ether oxygens (including phenoxy) is 6. The molecule has 396 valence electrons. The van der Waals surface area contributed by atoms with E-state index in [9.17, 15) is 29.1 Å². The van der Waals surface area contributed by atoms with Crippen molar-refractivity contribution in [2.24, 2.45) is 9.98 Å². The summed E-state index contributed by atoms with van der Waals surface area (Å²) >= 11 is 1.46. The van der Waals surface area contributed by atoms with Crippen LogP contribution in [-0.4, -0.2) is 155 Å². The van der Waals surface area contributed by atoms with Gasteiger partial charge in [0.2, 0.25) is 11.8 Å². The summed E-state index contributed by atoms with van der Waals surface area (Å²) in [6, 6.07) is 12.2. The van der Waals surface area contributed by atoms with Crippen molar-refractivity contribution in [1.82, 2.24) is 20.4 Å². The number of thioether (sulfide) groups is 1. The van der Waals surface area contributed by atoms with Gasteiger partial charge in [-0.15, -0.1) is 11.8 Å². The number of carbonyl (C=O) groups is 5. The van der Waals surface area contributed by atoms with Crippen LogP contribution in [0.25, 0.3) is 0 Å². The van der Waals surface area contributed by atoms with Gasteiger partial charge < -0.3 is 54.0 Å². The summed E-state index contributed by atoms with van der Waals surface area (Å²) < 4.78 is 34.2. The predicted octanol–water partition coefficient (Wildman–Crippen LogP) is 6.19. The Balaban J connectivity index is 0.983. The first kappa shape index (κ1) is 55.5. The minimum Gasteiger partial charge on any atom is -0.488 e. The van der Waals surface area contributed by atoms with Crippen LogP contribution in [-0.2, 0) is 53.1 Å². The second-order valence-electron chi connectivity index (χ2n) is 18.7. The molecule has 18 nitrogen and oxygen atoms in total. The van der Waals surface area contributed by atoms with Crippen molar-refractivity contribution < 1.29 is 57.5 Å². The number of aliphatic imine (C=N–C) groups is 2. The fourth-order valence-electron chi connectivity index (χ4n) is 8.86. The van der Waals surface area contributed by atoms with Crippen molar-refractivity contribution in [1.29, 1.82) is 0 Å². The number of allylic oxidation sites excluding steroid dienone is 2. The number of fused-ring (bicyclic) bond motifs is 4. The van der Waals surface area contributed by atoms with Gasteiger partial charge >= 0.3 is 0 Å². The minimum absolute atomic E-state index is 0.0413. The van der Waals surface area contributed by atoms with Crippen molar-refractivity contribution >= 4 is 65.5 Å². The highest BCUT2D eigenvalue weighted by atomic mass is 32.2. The lowest BCUT2D eigenvalue weighted by Gasteiger charge is -2.26. The molecule has 2 fully saturated rings. The number of carbonyl (C=O) groups excluding carboxylic acids is 5. The number of nitrogens with zero attached hydrogens (tertiary/aromatic N) is 4. The topological polar surface area (TPSA) is 216 Å². The van der Waals surface area contributed by atoms with E-state index in [-0.39, 0.29) is 72.6 Å². The van der Waals surface area contributed by atoms with E-state index in [2.05, 4.69) is 15.6 Å². The third-order valence-corrected chi connectivity index (χ3v) is 14.6. The summed E-state index contributed by atoms with van der Waals surface area (Å²) in [6.07, 6.45) is 10.1. The van der Waals surface area contributed by atoms with E-state index in [1.54, 1.807) is 53.5 Å². The van der Waals surface area contributed by atoms with Gasteiger partial charge in [0.25, 0.3) is 11.8 Å². The monoisotopic (exact) mass is 1040 g/mol. The van der Waals surface area contributed by atoms with Gasteiger partial charge in [-0.1, -0.05) is 35.4 Å². The second kappa shape index (κ2) is 26.8. The first-order valence-corrected chi connectivity index (χ1v) is 26.0. The molecule has 4 aliphatic rings. The van der Waals surface area contributed by atoms with Crippen LogP contribution in [0.15, 0.2) is 75.7 Å².